The van der Waals surface area contributed by atoms with Crippen LogP contribution in [0.3, 0.4) is 0 Å². The van der Waals surface area contributed by atoms with Crippen LogP contribution in [0, 0.1) is 5.92 Å². The second-order valence-electron chi connectivity index (χ2n) is 6.98. The smallest absolute Gasteiger partial charge is 0.331 e. The number of nitrogens with zero attached hydrogens (tertiary/aromatic N) is 2. The molecule has 3 rings (SSSR count). The highest BCUT2D eigenvalue weighted by atomic mass is 16.5. The fraction of sp³-hybridized carbons (Fsp3) is 0.500. The van der Waals surface area contributed by atoms with E-state index in [1.807, 2.05) is 37.3 Å². The summed E-state index contributed by atoms with van der Waals surface area (Å²) in [5, 5.41) is 2.31. The maximum absolute atomic E-state index is 13.0. The standard InChI is InChI=1S/C20H26N4O4/c1-2-16(21-8-9-23-10-12-28-13-11-23)17-18(25)22-20(27)24(19(17)26)14-15-6-4-3-5-7-15/h3-7,17H,2,8-14H2,1H3,(H,22,25,27)/p+1. The number of carbonyl (C=O) groups excluding carboxylic acids is 3. The Balaban J connectivity index is 1.69. The van der Waals surface area contributed by atoms with Crippen LogP contribution in [0.4, 0.5) is 4.79 Å². The summed E-state index contributed by atoms with van der Waals surface area (Å²) < 4.78 is 5.35. The molecule has 2 aliphatic rings. The highest BCUT2D eigenvalue weighted by Crippen LogP contribution is 2.17. The monoisotopic (exact) mass is 387 g/mol. The van der Waals surface area contributed by atoms with Crippen molar-refractivity contribution in [3.8, 4) is 0 Å². The van der Waals surface area contributed by atoms with Crippen molar-refractivity contribution in [1.29, 1.82) is 0 Å². The third-order valence-corrected chi connectivity index (χ3v) is 5.11. The number of rotatable bonds is 7. The molecule has 0 radical (unpaired) electrons. The van der Waals surface area contributed by atoms with E-state index in [4.69, 9.17) is 4.74 Å². The normalized spacial score (nSPS) is 21.8. The van der Waals surface area contributed by atoms with Gasteiger partial charge in [0.1, 0.15) is 13.1 Å². The van der Waals surface area contributed by atoms with Gasteiger partial charge in [-0.2, -0.15) is 0 Å². The molecular formula is C20H27N4O4+. The molecule has 1 unspecified atom stereocenters. The lowest BCUT2D eigenvalue weighted by molar-refractivity contribution is -0.906. The molecule has 4 amide bonds. The van der Waals surface area contributed by atoms with Gasteiger partial charge in [0.2, 0.25) is 11.8 Å². The van der Waals surface area contributed by atoms with Gasteiger partial charge in [0.25, 0.3) is 0 Å². The maximum atomic E-state index is 13.0. The second kappa shape index (κ2) is 9.57. The van der Waals surface area contributed by atoms with Crippen molar-refractivity contribution in [2.75, 3.05) is 39.4 Å². The number of ether oxygens (including phenoxy) is 1. The third kappa shape index (κ3) is 4.82. The van der Waals surface area contributed by atoms with E-state index in [9.17, 15) is 14.4 Å². The van der Waals surface area contributed by atoms with E-state index in [1.54, 1.807) is 0 Å². The van der Waals surface area contributed by atoms with E-state index in [0.29, 0.717) is 18.7 Å². The molecule has 0 spiro atoms. The average molecular weight is 387 g/mol. The first-order chi connectivity index (χ1) is 13.6. The van der Waals surface area contributed by atoms with Crippen LogP contribution in [0.2, 0.25) is 0 Å². The molecule has 28 heavy (non-hydrogen) atoms. The predicted molar refractivity (Wildman–Crippen MR) is 103 cm³/mol. The number of nitrogens with one attached hydrogen (secondary N) is 2. The Morgan fingerprint density at radius 1 is 1.21 bits per heavy atom. The summed E-state index contributed by atoms with van der Waals surface area (Å²) in [5.41, 5.74) is 1.35. The van der Waals surface area contributed by atoms with Crippen molar-refractivity contribution in [2.24, 2.45) is 10.9 Å². The molecule has 0 saturated carbocycles. The molecule has 0 aliphatic carbocycles. The molecule has 1 aromatic rings. The maximum Gasteiger partial charge on any atom is 0.331 e. The number of urea groups is 1. The van der Waals surface area contributed by atoms with Crippen LogP contribution in [-0.4, -0.2) is 67.8 Å². The van der Waals surface area contributed by atoms with E-state index in [1.165, 1.54) is 4.90 Å². The first kappa shape index (κ1) is 20.2. The van der Waals surface area contributed by atoms with Crippen LogP contribution in [0.1, 0.15) is 18.9 Å². The SMILES string of the molecule is CCC(=NCC[NH+]1CCOCC1)C1C(=O)NC(=O)N(Cc2ccccc2)C1=O. The topological polar surface area (TPSA) is 92.5 Å². The molecule has 0 bridgehead atoms. The van der Waals surface area contributed by atoms with Crippen molar-refractivity contribution < 1.29 is 24.0 Å². The summed E-state index contributed by atoms with van der Waals surface area (Å²) in [6.45, 7) is 6.77. The molecule has 150 valence electrons. The molecule has 2 fully saturated rings. The quantitative estimate of drug-likeness (QED) is 0.494. The van der Waals surface area contributed by atoms with Gasteiger partial charge in [-0.1, -0.05) is 37.3 Å². The predicted octanol–water partition coefficient (Wildman–Crippen LogP) is -0.353. The Kier molecular flexibility index (Phi) is 6.89. The number of aliphatic imine (C=N–C) groups is 1. The molecule has 2 saturated heterocycles. The van der Waals surface area contributed by atoms with Crippen LogP contribution in [0.15, 0.2) is 35.3 Å². The minimum atomic E-state index is -1.04. The van der Waals surface area contributed by atoms with Gasteiger partial charge in [0, 0.05) is 5.71 Å². The molecule has 2 N–H and O–H groups in total. The summed E-state index contributed by atoms with van der Waals surface area (Å²) in [4.78, 5) is 44.6. The van der Waals surface area contributed by atoms with E-state index < -0.39 is 23.8 Å². The lowest BCUT2D eigenvalue weighted by Crippen LogP contribution is -3.14. The number of carbonyl (C=O) groups is 3. The molecule has 8 nitrogen and oxygen atoms in total. The first-order valence-corrected chi connectivity index (χ1v) is 9.74. The number of amides is 4. The van der Waals surface area contributed by atoms with Gasteiger partial charge >= 0.3 is 6.03 Å². The van der Waals surface area contributed by atoms with Gasteiger partial charge in [-0.25, -0.2) is 4.79 Å². The lowest BCUT2D eigenvalue weighted by Gasteiger charge is -2.30. The third-order valence-electron chi connectivity index (χ3n) is 5.11. The van der Waals surface area contributed by atoms with E-state index in [0.717, 1.165) is 43.3 Å². The second-order valence-corrected chi connectivity index (χ2v) is 6.98. The fourth-order valence-electron chi connectivity index (χ4n) is 3.50. The van der Waals surface area contributed by atoms with Crippen molar-refractivity contribution >= 4 is 23.6 Å². The zero-order valence-corrected chi connectivity index (χ0v) is 16.1. The Morgan fingerprint density at radius 2 is 1.93 bits per heavy atom. The van der Waals surface area contributed by atoms with Crippen LogP contribution in [0.25, 0.3) is 0 Å². The zero-order valence-electron chi connectivity index (χ0n) is 16.1. The van der Waals surface area contributed by atoms with Gasteiger partial charge in [0.15, 0.2) is 5.92 Å². The number of imide groups is 2. The number of quaternary nitrogens is 1. The zero-order chi connectivity index (χ0) is 19.9. The average Bonchev–Trinajstić information content (AvgIpc) is 2.71. The van der Waals surface area contributed by atoms with Crippen molar-refractivity contribution in [3.63, 3.8) is 0 Å². The molecular weight excluding hydrogens is 360 g/mol. The van der Waals surface area contributed by atoms with Gasteiger partial charge in [-0.15, -0.1) is 0 Å². The Hall–Kier alpha value is -2.58. The highest BCUT2D eigenvalue weighted by molar-refractivity contribution is 6.27. The molecule has 2 aliphatic heterocycles. The van der Waals surface area contributed by atoms with Gasteiger partial charge < -0.3 is 9.64 Å². The Labute approximate surface area is 164 Å². The molecule has 1 aromatic carbocycles. The molecule has 1 atom stereocenters. The summed E-state index contributed by atoms with van der Waals surface area (Å²) in [6.07, 6.45) is 0.482. The van der Waals surface area contributed by atoms with Crippen molar-refractivity contribution in [3.05, 3.63) is 35.9 Å². The minimum Gasteiger partial charge on any atom is -0.370 e. The minimum absolute atomic E-state index is 0.129. The number of hydrogen-bond acceptors (Lipinski definition) is 5. The number of hydrogen-bond donors (Lipinski definition) is 2. The molecule has 0 aromatic heterocycles. The summed E-state index contributed by atoms with van der Waals surface area (Å²) in [6, 6.07) is 8.56. The number of morpholine rings is 1. The van der Waals surface area contributed by atoms with E-state index in [-0.39, 0.29) is 6.54 Å². The van der Waals surface area contributed by atoms with Crippen LogP contribution in [-0.2, 0) is 20.9 Å². The first-order valence-electron chi connectivity index (χ1n) is 9.74. The van der Waals surface area contributed by atoms with Gasteiger partial charge in [0.05, 0.1) is 32.8 Å². The van der Waals surface area contributed by atoms with E-state index in [2.05, 4.69) is 10.3 Å². The van der Waals surface area contributed by atoms with Crippen molar-refractivity contribution in [1.82, 2.24) is 10.2 Å². The Morgan fingerprint density at radius 3 is 2.61 bits per heavy atom. The van der Waals surface area contributed by atoms with Crippen LogP contribution < -0.4 is 10.2 Å². The van der Waals surface area contributed by atoms with Gasteiger partial charge in [-0.05, 0) is 12.0 Å². The van der Waals surface area contributed by atoms with Crippen LogP contribution >= 0.6 is 0 Å². The molecule has 8 heteroatoms. The summed E-state index contributed by atoms with van der Waals surface area (Å²) >= 11 is 0. The Bertz CT molecular complexity index is 744. The van der Waals surface area contributed by atoms with Crippen LogP contribution in [0.5, 0.6) is 0 Å². The largest absolute Gasteiger partial charge is 0.370 e. The highest BCUT2D eigenvalue weighted by Gasteiger charge is 2.42. The van der Waals surface area contributed by atoms with Crippen molar-refractivity contribution in [2.45, 2.75) is 19.9 Å². The van der Waals surface area contributed by atoms with Gasteiger partial charge in [-0.3, -0.25) is 24.8 Å². The lowest BCUT2D eigenvalue weighted by atomic mass is 9.96. The summed E-state index contributed by atoms with van der Waals surface area (Å²) in [5.74, 6) is -2.12. The fourth-order valence-corrected chi connectivity index (χ4v) is 3.50. The molecule has 2 heterocycles. The van der Waals surface area contributed by atoms with E-state index >= 15 is 0 Å². The number of barbiturate groups is 1. The number of benzene rings is 1. The summed E-state index contributed by atoms with van der Waals surface area (Å²) in [7, 11) is 0.